The fourth-order valence-corrected chi connectivity index (χ4v) is 3.31. The van der Waals surface area contributed by atoms with Crippen LogP contribution in [-0.2, 0) is 4.79 Å². The largest absolute Gasteiger partial charge is 0.376 e. The molecule has 0 aliphatic rings. The molecule has 2 aromatic rings. The van der Waals surface area contributed by atoms with Crippen LogP contribution in [0.25, 0.3) is 0 Å². The number of carbonyl (C=O) groups is 2. The highest BCUT2D eigenvalue weighted by molar-refractivity contribution is 6.35. The van der Waals surface area contributed by atoms with E-state index >= 15 is 0 Å². The molecule has 0 fully saturated rings. The Balaban J connectivity index is 1.91. The van der Waals surface area contributed by atoms with Crippen molar-refractivity contribution in [1.29, 1.82) is 0 Å². The van der Waals surface area contributed by atoms with Crippen LogP contribution in [-0.4, -0.2) is 36.3 Å². The zero-order chi connectivity index (χ0) is 20.5. The number of anilines is 2. The van der Waals surface area contributed by atoms with E-state index in [1.807, 2.05) is 4.90 Å². The van der Waals surface area contributed by atoms with Crippen molar-refractivity contribution < 1.29 is 9.59 Å². The van der Waals surface area contributed by atoms with Crippen LogP contribution in [0, 0.1) is 0 Å². The molecule has 2 N–H and O–H groups in total. The van der Waals surface area contributed by atoms with Gasteiger partial charge in [-0.2, -0.15) is 0 Å². The molecule has 0 radical (unpaired) electrons. The summed E-state index contributed by atoms with van der Waals surface area (Å²) in [6.07, 6.45) is 1.86. The third-order valence-electron chi connectivity index (χ3n) is 4.01. The van der Waals surface area contributed by atoms with Crippen molar-refractivity contribution in [1.82, 2.24) is 4.90 Å². The molecule has 2 amide bonds. The van der Waals surface area contributed by atoms with Gasteiger partial charge in [0.15, 0.2) is 0 Å². The number of hydrogen-bond acceptors (Lipinski definition) is 3. The SMILES string of the molecule is CCCN(CCC)C(=O)c1ccc(NCC(=O)Nc2cc(Cl)cc(Cl)c2)cc1. The Labute approximate surface area is 176 Å². The molecule has 0 aliphatic heterocycles. The minimum Gasteiger partial charge on any atom is -0.376 e. The number of hydrogen-bond donors (Lipinski definition) is 2. The second-order valence-corrected chi connectivity index (χ2v) is 7.30. The number of halogens is 2. The Morgan fingerprint density at radius 3 is 2.00 bits per heavy atom. The molecule has 2 aromatic carbocycles. The summed E-state index contributed by atoms with van der Waals surface area (Å²) >= 11 is 11.9. The molecular formula is C21H25Cl2N3O2. The first-order valence-corrected chi connectivity index (χ1v) is 10.1. The van der Waals surface area contributed by atoms with E-state index in [0.717, 1.165) is 31.6 Å². The summed E-state index contributed by atoms with van der Waals surface area (Å²) in [5.74, 6) is -0.193. The van der Waals surface area contributed by atoms with E-state index in [2.05, 4.69) is 24.5 Å². The summed E-state index contributed by atoms with van der Waals surface area (Å²) in [6.45, 7) is 5.70. The van der Waals surface area contributed by atoms with Gasteiger partial charge < -0.3 is 15.5 Å². The van der Waals surface area contributed by atoms with Gasteiger partial charge in [0.05, 0.1) is 6.54 Å². The second-order valence-electron chi connectivity index (χ2n) is 6.43. The highest BCUT2D eigenvalue weighted by Gasteiger charge is 2.14. The van der Waals surface area contributed by atoms with E-state index in [1.165, 1.54) is 0 Å². The van der Waals surface area contributed by atoms with Gasteiger partial charge in [-0.1, -0.05) is 37.0 Å². The van der Waals surface area contributed by atoms with Crippen molar-refractivity contribution in [3.8, 4) is 0 Å². The van der Waals surface area contributed by atoms with Gasteiger partial charge in [-0.3, -0.25) is 9.59 Å². The summed E-state index contributed by atoms with van der Waals surface area (Å²) in [5, 5.41) is 6.68. The van der Waals surface area contributed by atoms with Gasteiger partial charge >= 0.3 is 0 Å². The van der Waals surface area contributed by atoms with Gasteiger partial charge in [0.1, 0.15) is 0 Å². The highest BCUT2D eigenvalue weighted by Crippen LogP contribution is 2.22. The van der Waals surface area contributed by atoms with Crippen LogP contribution in [0.15, 0.2) is 42.5 Å². The molecule has 150 valence electrons. The van der Waals surface area contributed by atoms with Crippen molar-refractivity contribution in [2.75, 3.05) is 30.3 Å². The van der Waals surface area contributed by atoms with Crippen LogP contribution in [0.4, 0.5) is 11.4 Å². The first kappa shape index (κ1) is 22.1. The molecule has 28 heavy (non-hydrogen) atoms. The first-order valence-electron chi connectivity index (χ1n) is 9.32. The van der Waals surface area contributed by atoms with Crippen molar-refractivity contribution in [3.05, 3.63) is 58.1 Å². The third-order valence-corrected chi connectivity index (χ3v) is 4.44. The van der Waals surface area contributed by atoms with Crippen molar-refractivity contribution in [2.24, 2.45) is 0 Å². The quantitative estimate of drug-likeness (QED) is 0.576. The zero-order valence-corrected chi connectivity index (χ0v) is 17.6. The Bertz CT molecular complexity index is 784. The predicted octanol–water partition coefficient (Wildman–Crippen LogP) is 5.31. The molecule has 5 nitrogen and oxygen atoms in total. The molecule has 0 atom stereocenters. The number of amides is 2. The standard InChI is InChI=1S/C21H25Cl2N3O2/c1-3-9-26(10-4-2)21(28)15-5-7-18(8-6-15)24-14-20(27)25-19-12-16(22)11-17(23)13-19/h5-8,11-13,24H,3-4,9-10,14H2,1-2H3,(H,25,27). The molecule has 7 heteroatoms. The van der Waals surface area contributed by atoms with Crippen LogP contribution < -0.4 is 10.6 Å². The third kappa shape index (κ3) is 6.73. The minimum absolute atomic E-state index is 0.0332. The van der Waals surface area contributed by atoms with Gasteiger partial charge in [0, 0.05) is 40.1 Å². The number of benzene rings is 2. The van der Waals surface area contributed by atoms with Gasteiger partial charge in [-0.15, -0.1) is 0 Å². The Hall–Kier alpha value is -2.24. The van der Waals surface area contributed by atoms with Gasteiger partial charge in [0.2, 0.25) is 5.91 Å². The Morgan fingerprint density at radius 1 is 0.893 bits per heavy atom. The monoisotopic (exact) mass is 421 g/mol. The molecule has 0 spiro atoms. The molecule has 2 rings (SSSR count). The van der Waals surface area contributed by atoms with E-state index < -0.39 is 0 Å². The summed E-state index contributed by atoms with van der Waals surface area (Å²) in [6, 6.07) is 12.0. The molecule has 0 aromatic heterocycles. The van der Waals surface area contributed by atoms with E-state index in [0.29, 0.717) is 21.3 Å². The van der Waals surface area contributed by atoms with Crippen LogP contribution >= 0.6 is 23.2 Å². The fourth-order valence-electron chi connectivity index (χ4n) is 2.78. The van der Waals surface area contributed by atoms with Gasteiger partial charge in [-0.25, -0.2) is 0 Å². The fraction of sp³-hybridized carbons (Fsp3) is 0.333. The number of rotatable bonds is 9. The Morgan fingerprint density at radius 2 is 1.46 bits per heavy atom. The lowest BCUT2D eigenvalue weighted by molar-refractivity contribution is -0.114. The molecule has 0 saturated heterocycles. The molecule has 0 saturated carbocycles. The maximum absolute atomic E-state index is 12.6. The van der Waals surface area contributed by atoms with E-state index in [-0.39, 0.29) is 18.4 Å². The lowest BCUT2D eigenvalue weighted by atomic mass is 10.1. The van der Waals surface area contributed by atoms with Crippen molar-refractivity contribution in [2.45, 2.75) is 26.7 Å². The van der Waals surface area contributed by atoms with Crippen LogP contribution in [0.3, 0.4) is 0 Å². The molecular weight excluding hydrogens is 397 g/mol. The number of carbonyl (C=O) groups excluding carboxylic acids is 2. The maximum atomic E-state index is 12.6. The van der Waals surface area contributed by atoms with E-state index in [1.54, 1.807) is 42.5 Å². The Kier molecular flexibility index (Phi) is 8.61. The van der Waals surface area contributed by atoms with E-state index in [4.69, 9.17) is 23.2 Å². The minimum atomic E-state index is -0.226. The molecule has 0 aliphatic carbocycles. The topological polar surface area (TPSA) is 61.4 Å². The summed E-state index contributed by atoms with van der Waals surface area (Å²) in [4.78, 5) is 26.5. The summed E-state index contributed by atoms with van der Waals surface area (Å²) < 4.78 is 0. The van der Waals surface area contributed by atoms with Crippen molar-refractivity contribution >= 4 is 46.4 Å². The number of nitrogens with one attached hydrogen (secondary N) is 2. The van der Waals surface area contributed by atoms with Crippen LogP contribution in [0.1, 0.15) is 37.0 Å². The lowest BCUT2D eigenvalue weighted by Crippen LogP contribution is -2.32. The van der Waals surface area contributed by atoms with E-state index in [9.17, 15) is 9.59 Å². The number of nitrogens with zero attached hydrogens (tertiary/aromatic N) is 1. The molecule has 0 bridgehead atoms. The smallest absolute Gasteiger partial charge is 0.253 e. The lowest BCUT2D eigenvalue weighted by Gasteiger charge is -2.21. The maximum Gasteiger partial charge on any atom is 0.253 e. The molecule has 0 unspecified atom stereocenters. The van der Waals surface area contributed by atoms with Crippen LogP contribution in [0.2, 0.25) is 10.0 Å². The highest BCUT2D eigenvalue weighted by atomic mass is 35.5. The first-order chi connectivity index (χ1) is 13.4. The molecule has 0 heterocycles. The average molecular weight is 422 g/mol. The van der Waals surface area contributed by atoms with Crippen molar-refractivity contribution in [3.63, 3.8) is 0 Å². The summed E-state index contributed by atoms with van der Waals surface area (Å²) in [5.41, 5.74) is 1.94. The average Bonchev–Trinajstić information content (AvgIpc) is 2.65. The zero-order valence-electron chi connectivity index (χ0n) is 16.1. The summed E-state index contributed by atoms with van der Waals surface area (Å²) in [7, 11) is 0. The van der Waals surface area contributed by atoms with Gasteiger partial charge in [-0.05, 0) is 55.3 Å². The predicted molar refractivity (Wildman–Crippen MR) is 117 cm³/mol. The van der Waals surface area contributed by atoms with Crippen LogP contribution in [0.5, 0.6) is 0 Å². The normalized spacial score (nSPS) is 10.4. The second kappa shape index (κ2) is 10.9. The van der Waals surface area contributed by atoms with Gasteiger partial charge in [0.25, 0.3) is 5.91 Å².